The van der Waals surface area contributed by atoms with E-state index in [0.29, 0.717) is 49.5 Å². The normalized spacial score (nSPS) is 30.1. The molecule has 4 aliphatic rings. The van der Waals surface area contributed by atoms with Gasteiger partial charge in [-0.3, -0.25) is 14.9 Å². The molecule has 1 amide bonds. The first-order valence-electron chi connectivity index (χ1n) is 11.4. The van der Waals surface area contributed by atoms with E-state index in [0.717, 1.165) is 5.56 Å². The van der Waals surface area contributed by atoms with Gasteiger partial charge in [-0.2, -0.15) is 0 Å². The maximum Gasteiger partial charge on any atom is 0.416 e. The van der Waals surface area contributed by atoms with E-state index in [1.54, 1.807) is 0 Å². The van der Waals surface area contributed by atoms with Crippen LogP contribution in [0.2, 0.25) is 0 Å². The lowest BCUT2D eigenvalue weighted by molar-refractivity contribution is -0.0432. The van der Waals surface area contributed by atoms with Crippen LogP contribution >= 0.6 is 0 Å². The van der Waals surface area contributed by atoms with Gasteiger partial charge in [0, 0.05) is 19.0 Å². The van der Waals surface area contributed by atoms with Gasteiger partial charge in [-0.15, -0.1) is 0 Å². The highest BCUT2D eigenvalue weighted by atomic mass is 19.1. The SMILES string of the molecule is CC[C@@H]1CN(c2noc3c(F)c4c(cc23)CC2(C=NCN=C2)[C@H]2[C@H](C)O[C@H](C)CN42)C(=O)O1. The van der Waals surface area contributed by atoms with Crippen molar-refractivity contribution in [3.05, 3.63) is 17.4 Å². The zero-order valence-electron chi connectivity index (χ0n) is 18.8. The van der Waals surface area contributed by atoms with E-state index in [1.165, 1.54) is 4.90 Å². The number of halogens is 1. The quantitative estimate of drug-likeness (QED) is 0.690. The highest BCUT2D eigenvalue weighted by Crippen LogP contribution is 2.48. The van der Waals surface area contributed by atoms with Crippen molar-refractivity contribution in [2.75, 3.05) is 29.6 Å². The minimum atomic E-state index is -0.512. The lowest BCUT2D eigenvalue weighted by atomic mass is 9.69. The number of anilines is 2. The Morgan fingerprint density at radius 1 is 1.24 bits per heavy atom. The molecule has 5 heterocycles. The molecular weight excluding hydrogens is 429 g/mol. The Morgan fingerprint density at radius 3 is 2.76 bits per heavy atom. The molecule has 0 radical (unpaired) electrons. The number of benzene rings is 1. The van der Waals surface area contributed by atoms with E-state index in [2.05, 4.69) is 20.0 Å². The maximum absolute atomic E-state index is 16.1. The molecule has 4 aliphatic heterocycles. The number of carbonyl (C=O) groups excluding carboxylic acids is 1. The summed E-state index contributed by atoms with van der Waals surface area (Å²) in [6.45, 7) is 7.24. The van der Waals surface area contributed by atoms with Crippen LogP contribution in [0.5, 0.6) is 0 Å². The van der Waals surface area contributed by atoms with E-state index in [4.69, 9.17) is 14.0 Å². The zero-order valence-corrected chi connectivity index (χ0v) is 18.8. The number of fused-ring (bicyclic) bond motifs is 5. The summed E-state index contributed by atoms with van der Waals surface area (Å²) in [4.78, 5) is 24.8. The molecule has 0 aliphatic carbocycles. The molecule has 33 heavy (non-hydrogen) atoms. The lowest BCUT2D eigenvalue weighted by Crippen LogP contribution is -2.65. The van der Waals surface area contributed by atoms with Crippen LogP contribution in [0, 0.1) is 11.2 Å². The molecule has 1 spiro atoms. The number of nitrogens with zero attached hydrogens (tertiary/aromatic N) is 5. The van der Waals surface area contributed by atoms with Crippen molar-refractivity contribution in [2.45, 2.75) is 58.0 Å². The molecule has 1 aromatic heterocycles. The topological polar surface area (TPSA) is 92.8 Å². The number of hydrogen-bond donors (Lipinski definition) is 0. The molecular formula is C23H26FN5O4. The van der Waals surface area contributed by atoms with Crippen molar-refractivity contribution in [3.8, 4) is 0 Å². The molecule has 2 aromatic rings. The van der Waals surface area contributed by atoms with Crippen molar-refractivity contribution in [2.24, 2.45) is 15.4 Å². The van der Waals surface area contributed by atoms with Crippen molar-refractivity contribution in [1.82, 2.24) is 5.16 Å². The summed E-state index contributed by atoms with van der Waals surface area (Å²) in [6.07, 6.45) is 4.16. The van der Waals surface area contributed by atoms with Crippen LogP contribution in [0.1, 0.15) is 32.8 Å². The third-order valence-electron chi connectivity index (χ3n) is 7.17. The highest BCUT2D eigenvalue weighted by Gasteiger charge is 2.52. The van der Waals surface area contributed by atoms with E-state index >= 15 is 4.39 Å². The number of amides is 1. The average Bonchev–Trinajstić information content (AvgIpc) is 3.36. The lowest BCUT2D eigenvalue weighted by Gasteiger charge is -2.54. The van der Waals surface area contributed by atoms with Crippen LogP contribution in [-0.4, -0.2) is 67.8 Å². The van der Waals surface area contributed by atoms with Crippen LogP contribution in [0.4, 0.5) is 20.7 Å². The highest BCUT2D eigenvalue weighted by molar-refractivity contribution is 6.02. The molecule has 0 unspecified atom stereocenters. The summed E-state index contributed by atoms with van der Waals surface area (Å²) < 4.78 is 33.0. The van der Waals surface area contributed by atoms with Crippen LogP contribution in [0.3, 0.4) is 0 Å². The van der Waals surface area contributed by atoms with Gasteiger partial charge < -0.3 is 18.9 Å². The Bertz CT molecular complexity index is 1180. The Balaban J connectivity index is 1.52. The van der Waals surface area contributed by atoms with Crippen LogP contribution < -0.4 is 9.80 Å². The number of cyclic esters (lactones) is 1. The smallest absolute Gasteiger partial charge is 0.416 e. The van der Waals surface area contributed by atoms with E-state index in [1.807, 2.05) is 39.3 Å². The van der Waals surface area contributed by atoms with Gasteiger partial charge in [0.25, 0.3) is 0 Å². The van der Waals surface area contributed by atoms with Gasteiger partial charge in [-0.25, -0.2) is 9.18 Å². The molecule has 10 heteroatoms. The molecule has 2 saturated heterocycles. The molecule has 174 valence electrons. The van der Waals surface area contributed by atoms with E-state index < -0.39 is 17.3 Å². The first kappa shape index (κ1) is 20.6. The first-order chi connectivity index (χ1) is 15.9. The van der Waals surface area contributed by atoms with Crippen LogP contribution in [0.25, 0.3) is 11.0 Å². The van der Waals surface area contributed by atoms with Crippen LogP contribution in [-0.2, 0) is 15.9 Å². The second-order valence-corrected chi connectivity index (χ2v) is 9.41. The van der Waals surface area contributed by atoms with Gasteiger partial charge in [0.1, 0.15) is 12.8 Å². The molecule has 6 rings (SSSR count). The predicted molar refractivity (Wildman–Crippen MR) is 121 cm³/mol. The Kier molecular flexibility index (Phi) is 4.52. The molecule has 0 saturated carbocycles. The molecule has 4 atom stereocenters. The summed E-state index contributed by atoms with van der Waals surface area (Å²) in [7, 11) is 0. The number of rotatable bonds is 2. The number of aliphatic imine (C=N–C) groups is 2. The summed E-state index contributed by atoms with van der Waals surface area (Å²) in [5, 5.41) is 4.55. The average molecular weight is 455 g/mol. The molecule has 1 aromatic carbocycles. The Labute approximate surface area is 190 Å². The van der Waals surface area contributed by atoms with Gasteiger partial charge in [-0.1, -0.05) is 12.1 Å². The summed E-state index contributed by atoms with van der Waals surface area (Å²) in [5.74, 6) is -0.176. The maximum atomic E-state index is 16.1. The summed E-state index contributed by atoms with van der Waals surface area (Å²) in [6, 6.07) is 1.74. The van der Waals surface area contributed by atoms with Crippen LogP contribution in [0.15, 0.2) is 20.6 Å². The van der Waals surface area contributed by atoms with Gasteiger partial charge in [0.2, 0.25) is 5.58 Å². The van der Waals surface area contributed by atoms with Gasteiger partial charge in [0.05, 0.1) is 41.3 Å². The minimum absolute atomic E-state index is 0.0453. The minimum Gasteiger partial charge on any atom is -0.444 e. The van der Waals surface area contributed by atoms with Crippen molar-refractivity contribution >= 4 is 41.0 Å². The van der Waals surface area contributed by atoms with Gasteiger partial charge in [-0.05, 0) is 38.3 Å². The number of aromatic nitrogens is 1. The number of hydrogen-bond acceptors (Lipinski definition) is 8. The third kappa shape index (κ3) is 2.92. The van der Waals surface area contributed by atoms with Crippen molar-refractivity contribution < 1.29 is 23.2 Å². The second-order valence-electron chi connectivity index (χ2n) is 9.41. The predicted octanol–water partition coefficient (Wildman–Crippen LogP) is 3.34. The fourth-order valence-corrected chi connectivity index (χ4v) is 5.88. The zero-order chi connectivity index (χ0) is 22.9. The molecule has 0 N–H and O–H groups in total. The fourth-order valence-electron chi connectivity index (χ4n) is 5.88. The summed E-state index contributed by atoms with van der Waals surface area (Å²) >= 11 is 0. The third-order valence-corrected chi connectivity index (χ3v) is 7.17. The second kappa shape index (κ2) is 7.24. The first-order valence-corrected chi connectivity index (χ1v) is 11.4. The molecule has 0 bridgehead atoms. The Hall–Kier alpha value is -3.01. The van der Waals surface area contributed by atoms with Crippen molar-refractivity contribution in [1.29, 1.82) is 0 Å². The molecule has 2 fully saturated rings. The molecule has 9 nitrogen and oxygen atoms in total. The van der Waals surface area contributed by atoms with Gasteiger partial charge in [0.15, 0.2) is 11.6 Å². The van der Waals surface area contributed by atoms with Gasteiger partial charge >= 0.3 is 6.09 Å². The number of morpholine rings is 1. The number of ether oxygens (including phenoxy) is 2. The van der Waals surface area contributed by atoms with E-state index in [9.17, 15) is 4.79 Å². The Morgan fingerprint density at radius 2 is 2.03 bits per heavy atom. The van der Waals surface area contributed by atoms with Crippen molar-refractivity contribution in [3.63, 3.8) is 0 Å². The monoisotopic (exact) mass is 455 g/mol. The number of carbonyl (C=O) groups is 1. The standard InChI is InChI=1S/C23H26FN5O4/c1-4-15-8-29(22(30)32-15)21-16-5-14-6-23(9-25-11-26-10-23)20-13(3)31-12(2)7-28(20)18(14)17(24)19(16)33-27-21/h5,9-10,12-13,15,20H,4,6-8,11H2,1-3H3/t12-,13+,15-,20-/m1/s1. The van der Waals surface area contributed by atoms with E-state index in [-0.39, 0.29) is 29.9 Å². The largest absolute Gasteiger partial charge is 0.444 e. The fraction of sp³-hybridized carbons (Fsp3) is 0.565. The summed E-state index contributed by atoms with van der Waals surface area (Å²) in [5.41, 5.74) is 0.846.